The average molecular weight is 529 g/mol. The van der Waals surface area contributed by atoms with Crippen LogP contribution in [0, 0.1) is 34.4 Å². The standard InChI is InChI=1S/C30H29FN4O4/c1-30(2,3)39-29(37)35-23-8-6-19(11-23)27(35)28(36)34-22(16-33)14-24-12-21-10-17(7-9-26(21)38-24)18-4-5-20(15-32)25(31)13-18/h4-5,7,9-10,12-13,19,22-23,27H,6,8,11,14H2,1-3H3,(H,34,36)/t19-,22?,23+,27-/m0/s1. The topological polar surface area (TPSA) is 119 Å². The number of carbonyl (C=O) groups is 2. The number of fused-ring (bicyclic) bond motifs is 3. The SMILES string of the molecule is CC(C)(C)OC(=O)N1[C@@H]2CC[C@@H](C2)[C@H]1C(=O)NC(C#N)Cc1cc2cc(-c3ccc(C#N)c(F)c3)ccc2o1. The molecule has 8 nitrogen and oxygen atoms in total. The van der Waals surface area contributed by atoms with Gasteiger partial charge >= 0.3 is 6.09 Å². The van der Waals surface area contributed by atoms with E-state index in [1.54, 1.807) is 49.9 Å². The van der Waals surface area contributed by atoms with Gasteiger partial charge in [0.1, 0.15) is 40.9 Å². The van der Waals surface area contributed by atoms with Gasteiger partial charge in [-0.1, -0.05) is 12.1 Å². The van der Waals surface area contributed by atoms with E-state index < -0.39 is 29.6 Å². The molecule has 1 N–H and O–H groups in total. The van der Waals surface area contributed by atoms with E-state index in [9.17, 15) is 19.2 Å². The van der Waals surface area contributed by atoms with Gasteiger partial charge in [-0.2, -0.15) is 10.5 Å². The van der Waals surface area contributed by atoms with E-state index in [4.69, 9.17) is 14.4 Å². The number of rotatable bonds is 5. The highest BCUT2D eigenvalue weighted by molar-refractivity contribution is 5.88. The van der Waals surface area contributed by atoms with Gasteiger partial charge in [0.15, 0.2) is 0 Å². The fourth-order valence-corrected chi connectivity index (χ4v) is 5.65. The maximum atomic E-state index is 14.1. The van der Waals surface area contributed by atoms with Gasteiger partial charge in [0.25, 0.3) is 0 Å². The summed E-state index contributed by atoms with van der Waals surface area (Å²) >= 11 is 0. The van der Waals surface area contributed by atoms with Crippen LogP contribution in [0.15, 0.2) is 46.9 Å². The molecule has 2 amide bonds. The summed E-state index contributed by atoms with van der Waals surface area (Å²) in [6, 6.07) is 14.0. The van der Waals surface area contributed by atoms with Gasteiger partial charge in [-0.15, -0.1) is 0 Å². The number of hydrogen-bond donors (Lipinski definition) is 1. The minimum absolute atomic E-state index is 0.0188. The van der Waals surface area contributed by atoms with Crippen LogP contribution in [0.4, 0.5) is 9.18 Å². The molecule has 2 aliphatic rings. The first-order valence-corrected chi connectivity index (χ1v) is 13.0. The summed E-state index contributed by atoms with van der Waals surface area (Å²) in [7, 11) is 0. The van der Waals surface area contributed by atoms with Crippen molar-refractivity contribution in [3.63, 3.8) is 0 Å². The molecule has 1 aliphatic carbocycles. The molecule has 2 bridgehead atoms. The normalized spacial score (nSPS) is 20.9. The smallest absolute Gasteiger partial charge is 0.411 e. The van der Waals surface area contributed by atoms with E-state index in [0.717, 1.165) is 30.2 Å². The Morgan fingerprint density at radius 1 is 1.15 bits per heavy atom. The van der Waals surface area contributed by atoms with Gasteiger partial charge < -0.3 is 14.5 Å². The maximum absolute atomic E-state index is 14.1. The molecule has 4 atom stereocenters. The lowest BCUT2D eigenvalue weighted by atomic mass is 9.97. The van der Waals surface area contributed by atoms with Crippen molar-refractivity contribution in [3.8, 4) is 23.3 Å². The number of carbonyl (C=O) groups excluding carboxylic acids is 2. The van der Waals surface area contributed by atoms with Crippen LogP contribution in [-0.4, -0.2) is 40.6 Å². The first-order valence-electron chi connectivity index (χ1n) is 13.0. The molecule has 0 spiro atoms. The Morgan fingerprint density at radius 3 is 2.59 bits per heavy atom. The summed E-state index contributed by atoms with van der Waals surface area (Å²) in [4.78, 5) is 27.8. The Bertz CT molecular complexity index is 1530. The molecule has 1 aliphatic heterocycles. The second-order valence-corrected chi connectivity index (χ2v) is 11.2. The third kappa shape index (κ3) is 5.31. The summed E-state index contributed by atoms with van der Waals surface area (Å²) in [5.41, 5.74) is 1.27. The lowest BCUT2D eigenvalue weighted by Gasteiger charge is -2.35. The van der Waals surface area contributed by atoms with Crippen molar-refractivity contribution >= 4 is 23.0 Å². The Labute approximate surface area is 225 Å². The zero-order valence-corrected chi connectivity index (χ0v) is 22.0. The van der Waals surface area contributed by atoms with Crippen LogP contribution in [0.3, 0.4) is 0 Å². The van der Waals surface area contributed by atoms with Gasteiger partial charge in [0.05, 0.1) is 11.6 Å². The summed E-state index contributed by atoms with van der Waals surface area (Å²) in [6.45, 7) is 5.37. The number of nitriles is 2. The van der Waals surface area contributed by atoms with E-state index in [1.165, 1.54) is 12.1 Å². The number of halogens is 1. The second kappa shape index (κ2) is 10.1. The highest BCUT2D eigenvalue weighted by atomic mass is 19.1. The van der Waals surface area contributed by atoms with Crippen LogP contribution in [0.25, 0.3) is 22.1 Å². The van der Waals surface area contributed by atoms with Gasteiger partial charge in [0, 0.05) is 17.8 Å². The molecule has 2 fully saturated rings. The summed E-state index contributed by atoms with van der Waals surface area (Å²) < 4.78 is 25.6. The molecule has 9 heteroatoms. The number of benzene rings is 2. The van der Waals surface area contributed by atoms with Crippen LogP contribution in [0.1, 0.15) is 51.4 Å². The zero-order chi connectivity index (χ0) is 27.9. The molecule has 2 aromatic carbocycles. The zero-order valence-electron chi connectivity index (χ0n) is 22.0. The lowest BCUT2D eigenvalue weighted by Crippen LogP contribution is -2.55. The predicted molar refractivity (Wildman–Crippen MR) is 141 cm³/mol. The monoisotopic (exact) mass is 528 g/mol. The third-order valence-electron chi connectivity index (χ3n) is 7.33. The molecule has 1 aromatic heterocycles. The molecule has 2 heterocycles. The Kier molecular flexibility index (Phi) is 6.78. The minimum atomic E-state index is -0.857. The highest BCUT2D eigenvalue weighted by Crippen LogP contribution is 2.43. The molecule has 5 rings (SSSR count). The number of nitrogens with zero attached hydrogens (tertiary/aromatic N) is 3. The largest absolute Gasteiger partial charge is 0.461 e. The predicted octanol–water partition coefficient (Wildman–Crippen LogP) is 5.45. The molecule has 1 saturated carbocycles. The molecule has 1 unspecified atom stereocenters. The van der Waals surface area contributed by atoms with Crippen molar-refractivity contribution in [2.75, 3.05) is 0 Å². The number of ether oxygens (including phenoxy) is 1. The molecule has 3 aromatic rings. The van der Waals surface area contributed by atoms with Gasteiger partial charge in [-0.05, 0) is 87.4 Å². The van der Waals surface area contributed by atoms with Crippen molar-refractivity contribution in [1.29, 1.82) is 10.5 Å². The van der Waals surface area contributed by atoms with E-state index in [1.807, 2.05) is 12.1 Å². The fourth-order valence-electron chi connectivity index (χ4n) is 5.65. The Hall–Kier alpha value is -4.37. The summed E-state index contributed by atoms with van der Waals surface area (Å²) in [5, 5.41) is 22.3. The van der Waals surface area contributed by atoms with Crippen molar-refractivity contribution in [1.82, 2.24) is 10.2 Å². The molecule has 1 saturated heterocycles. The van der Waals surface area contributed by atoms with Crippen molar-refractivity contribution < 1.29 is 23.1 Å². The molecule has 0 radical (unpaired) electrons. The van der Waals surface area contributed by atoms with Crippen LogP contribution in [-0.2, 0) is 16.0 Å². The molecular formula is C30H29FN4O4. The Balaban J connectivity index is 1.30. The number of likely N-dealkylation sites (tertiary alicyclic amines) is 1. The Morgan fingerprint density at radius 2 is 1.90 bits per heavy atom. The fraction of sp³-hybridized carbons (Fsp3) is 0.400. The summed E-state index contributed by atoms with van der Waals surface area (Å²) in [6.07, 6.45) is 2.09. The molecule has 200 valence electrons. The summed E-state index contributed by atoms with van der Waals surface area (Å²) in [5.74, 6) is -0.396. The number of nitrogens with one attached hydrogen (secondary N) is 1. The highest BCUT2D eigenvalue weighted by Gasteiger charge is 2.52. The van der Waals surface area contributed by atoms with E-state index in [2.05, 4.69) is 11.4 Å². The van der Waals surface area contributed by atoms with Crippen molar-refractivity contribution in [2.24, 2.45) is 5.92 Å². The van der Waals surface area contributed by atoms with Gasteiger partial charge in [-0.3, -0.25) is 9.69 Å². The third-order valence-corrected chi connectivity index (χ3v) is 7.33. The lowest BCUT2D eigenvalue weighted by molar-refractivity contribution is -0.128. The number of piperidine rings is 1. The van der Waals surface area contributed by atoms with Gasteiger partial charge in [-0.25, -0.2) is 9.18 Å². The number of amides is 2. The van der Waals surface area contributed by atoms with Crippen LogP contribution in [0.2, 0.25) is 0 Å². The quantitative estimate of drug-likeness (QED) is 0.470. The van der Waals surface area contributed by atoms with E-state index >= 15 is 0 Å². The van der Waals surface area contributed by atoms with E-state index in [0.29, 0.717) is 16.9 Å². The van der Waals surface area contributed by atoms with Crippen molar-refractivity contribution in [2.45, 2.75) is 70.2 Å². The maximum Gasteiger partial charge on any atom is 0.411 e. The van der Waals surface area contributed by atoms with Crippen molar-refractivity contribution in [3.05, 3.63) is 59.6 Å². The first-order chi connectivity index (χ1) is 18.6. The molecular weight excluding hydrogens is 499 g/mol. The number of furan rings is 1. The first kappa shape index (κ1) is 26.2. The number of hydrogen-bond acceptors (Lipinski definition) is 6. The van der Waals surface area contributed by atoms with Crippen LogP contribution in [0.5, 0.6) is 0 Å². The average Bonchev–Trinajstić information content (AvgIpc) is 3.61. The van der Waals surface area contributed by atoms with Crippen LogP contribution >= 0.6 is 0 Å². The van der Waals surface area contributed by atoms with E-state index in [-0.39, 0.29) is 29.9 Å². The second-order valence-electron chi connectivity index (χ2n) is 11.2. The minimum Gasteiger partial charge on any atom is -0.461 e. The molecule has 39 heavy (non-hydrogen) atoms. The van der Waals surface area contributed by atoms with Gasteiger partial charge in [0.2, 0.25) is 5.91 Å². The van der Waals surface area contributed by atoms with Crippen LogP contribution < -0.4 is 5.32 Å².